The van der Waals surface area contributed by atoms with E-state index in [1.807, 2.05) is 59.7 Å². The van der Waals surface area contributed by atoms with E-state index in [0.29, 0.717) is 6.54 Å². The van der Waals surface area contributed by atoms with Crippen molar-refractivity contribution in [2.75, 3.05) is 6.54 Å². The van der Waals surface area contributed by atoms with E-state index in [1.165, 1.54) is 12.8 Å². The van der Waals surface area contributed by atoms with Crippen molar-refractivity contribution in [1.82, 2.24) is 15.5 Å². The van der Waals surface area contributed by atoms with Crippen LogP contribution in [-0.4, -0.2) is 47.0 Å². The molecule has 1 aromatic carbocycles. The number of alkyl carbamates (subject to hydrolysis) is 1. The smallest absolute Gasteiger partial charge is 0.408 e. The number of rotatable bonds is 14. The number of hydrogen-bond acceptors (Lipinski definition) is 4. The third-order valence-corrected chi connectivity index (χ3v) is 6.45. The number of unbranched alkanes of at least 4 members (excludes halogenated alkanes) is 5. The van der Waals surface area contributed by atoms with Crippen molar-refractivity contribution in [2.45, 2.75) is 131 Å². The molecule has 0 spiro atoms. The summed E-state index contributed by atoms with van der Waals surface area (Å²) in [5.74, 6) is -0.684. The summed E-state index contributed by atoms with van der Waals surface area (Å²) in [7, 11) is 0. The summed E-state index contributed by atoms with van der Waals surface area (Å²) in [4.78, 5) is 42.4. The molecule has 0 aromatic heterocycles. The molecule has 0 aliphatic heterocycles. The van der Waals surface area contributed by atoms with Crippen LogP contribution in [0.3, 0.4) is 0 Å². The van der Waals surface area contributed by atoms with Crippen molar-refractivity contribution in [1.29, 1.82) is 0 Å². The van der Waals surface area contributed by atoms with Crippen LogP contribution in [0.5, 0.6) is 0 Å². The molecule has 0 radical (unpaired) electrons. The number of nitrogens with one attached hydrogen (secondary N) is 2. The van der Waals surface area contributed by atoms with E-state index >= 15 is 0 Å². The Kier molecular flexibility index (Phi) is 13.9. The van der Waals surface area contributed by atoms with Gasteiger partial charge in [-0.3, -0.25) is 9.59 Å². The molecule has 1 rings (SSSR count). The Balaban J connectivity index is 3.49. The average molecular weight is 532 g/mol. The van der Waals surface area contributed by atoms with Gasteiger partial charge in [-0.25, -0.2) is 4.79 Å². The normalized spacial score (nSPS) is 13.3. The molecule has 38 heavy (non-hydrogen) atoms. The Morgan fingerprint density at radius 1 is 0.895 bits per heavy atom. The van der Waals surface area contributed by atoms with E-state index in [1.54, 1.807) is 25.7 Å². The number of amides is 3. The zero-order chi connectivity index (χ0) is 29.0. The highest BCUT2D eigenvalue weighted by Gasteiger charge is 2.38. The molecule has 0 fully saturated rings. The van der Waals surface area contributed by atoms with Crippen molar-refractivity contribution in [3.05, 3.63) is 34.9 Å². The van der Waals surface area contributed by atoms with Crippen molar-refractivity contribution in [3.63, 3.8) is 0 Å². The van der Waals surface area contributed by atoms with Crippen molar-refractivity contribution in [2.24, 2.45) is 5.92 Å². The predicted molar refractivity (Wildman–Crippen MR) is 155 cm³/mol. The minimum Gasteiger partial charge on any atom is -0.444 e. The molecule has 0 aliphatic rings. The summed E-state index contributed by atoms with van der Waals surface area (Å²) in [6.07, 6.45) is 5.73. The topological polar surface area (TPSA) is 87.7 Å². The van der Waals surface area contributed by atoms with Crippen LogP contribution in [0.2, 0.25) is 0 Å². The van der Waals surface area contributed by atoms with Crippen LogP contribution in [0.1, 0.15) is 117 Å². The van der Waals surface area contributed by atoms with Gasteiger partial charge in [-0.2, -0.15) is 0 Å². The van der Waals surface area contributed by atoms with Gasteiger partial charge < -0.3 is 20.3 Å². The average Bonchev–Trinajstić information content (AvgIpc) is 2.78. The molecule has 7 nitrogen and oxygen atoms in total. The zero-order valence-electron chi connectivity index (χ0n) is 25.6. The first-order valence-electron chi connectivity index (χ1n) is 14.4. The molecule has 216 valence electrons. The van der Waals surface area contributed by atoms with Gasteiger partial charge in [-0.15, -0.1) is 0 Å². The fourth-order valence-electron chi connectivity index (χ4n) is 4.61. The molecule has 0 saturated heterocycles. The van der Waals surface area contributed by atoms with Gasteiger partial charge in [0.1, 0.15) is 17.7 Å². The van der Waals surface area contributed by atoms with Crippen LogP contribution < -0.4 is 10.6 Å². The predicted octanol–water partition coefficient (Wildman–Crippen LogP) is 6.61. The molecule has 2 atom stereocenters. The van der Waals surface area contributed by atoms with E-state index in [2.05, 4.69) is 17.6 Å². The molecule has 0 bridgehead atoms. The lowest BCUT2D eigenvalue weighted by atomic mass is 9.92. The van der Waals surface area contributed by atoms with Crippen LogP contribution in [0.25, 0.3) is 0 Å². The SMILES string of the molecule is CCCCCCCCN(C(=O)C(NC(=O)OC(C)(C)C)C(C)C)C(C(=O)NC(C)C)c1c(C)cccc1C. The number of benzene rings is 1. The van der Waals surface area contributed by atoms with Crippen molar-refractivity contribution < 1.29 is 19.1 Å². The Labute approximate surface area is 231 Å². The lowest BCUT2D eigenvalue weighted by molar-refractivity contribution is -0.143. The van der Waals surface area contributed by atoms with Gasteiger partial charge in [0.05, 0.1) is 0 Å². The summed E-state index contributed by atoms with van der Waals surface area (Å²) in [5.41, 5.74) is 2.06. The maximum Gasteiger partial charge on any atom is 0.408 e. The van der Waals surface area contributed by atoms with E-state index < -0.39 is 23.8 Å². The van der Waals surface area contributed by atoms with Gasteiger partial charge in [0.2, 0.25) is 11.8 Å². The Morgan fingerprint density at radius 2 is 1.45 bits per heavy atom. The number of carbonyl (C=O) groups excluding carboxylic acids is 3. The number of nitrogens with zero attached hydrogens (tertiary/aromatic N) is 1. The molecule has 3 amide bonds. The first-order chi connectivity index (χ1) is 17.7. The fourth-order valence-corrected chi connectivity index (χ4v) is 4.61. The van der Waals surface area contributed by atoms with E-state index in [9.17, 15) is 14.4 Å². The zero-order valence-corrected chi connectivity index (χ0v) is 25.6. The third-order valence-electron chi connectivity index (χ3n) is 6.45. The minimum absolute atomic E-state index is 0.0823. The lowest BCUT2D eigenvalue weighted by Gasteiger charge is -2.37. The van der Waals surface area contributed by atoms with E-state index in [0.717, 1.165) is 42.4 Å². The van der Waals surface area contributed by atoms with Gasteiger partial charge in [0, 0.05) is 12.6 Å². The Morgan fingerprint density at radius 3 is 1.95 bits per heavy atom. The number of ether oxygens (including phenoxy) is 1. The highest BCUT2D eigenvalue weighted by molar-refractivity contribution is 5.92. The first kappa shape index (κ1) is 33.5. The molecule has 0 saturated carbocycles. The first-order valence-corrected chi connectivity index (χ1v) is 14.4. The van der Waals surface area contributed by atoms with Gasteiger partial charge in [-0.05, 0) is 77.5 Å². The van der Waals surface area contributed by atoms with E-state index in [-0.39, 0.29) is 23.8 Å². The van der Waals surface area contributed by atoms with E-state index in [4.69, 9.17) is 4.74 Å². The van der Waals surface area contributed by atoms with Crippen LogP contribution >= 0.6 is 0 Å². The monoisotopic (exact) mass is 531 g/mol. The summed E-state index contributed by atoms with van der Waals surface area (Å²) in [5, 5.41) is 5.85. The highest BCUT2D eigenvalue weighted by Crippen LogP contribution is 2.30. The molecule has 1 aromatic rings. The second kappa shape index (κ2) is 15.7. The maximum absolute atomic E-state index is 14.3. The van der Waals surface area contributed by atoms with Crippen molar-refractivity contribution >= 4 is 17.9 Å². The summed E-state index contributed by atoms with van der Waals surface area (Å²) in [6.45, 7) is 19.6. The molecule has 7 heteroatoms. The molecule has 0 heterocycles. The van der Waals surface area contributed by atoms with Crippen LogP contribution in [0.4, 0.5) is 4.79 Å². The van der Waals surface area contributed by atoms with Gasteiger partial charge in [0.15, 0.2) is 0 Å². The largest absolute Gasteiger partial charge is 0.444 e. The third kappa shape index (κ3) is 11.0. The van der Waals surface area contributed by atoms with Gasteiger partial charge in [0.25, 0.3) is 0 Å². The second-order valence-corrected chi connectivity index (χ2v) is 12.0. The Bertz CT molecular complexity index is 885. The minimum atomic E-state index is -0.830. The molecule has 0 aliphatic carbocycles. The van der Waals surface area contributed by atoms with Crippen LogP contribution in [-0.2, 0) is 14.3 Å². The quantitative estimate of drug-likeness (QED) is 0.265. The lowest BCUT2D eigenvalue weighted by Crippen LogP contribution is -2.55. The summed E-state index contributed by atoms with van der Waals surface area (Å²) < 4.78 is 5.47. The summed E-state index contributed by atoms with van der Waals surface area (Å²) in [6, 6.07) is 4.20. The number of hydrogen-bond donors (Lipinski definition) is 2. The second-order valence-electron chi connectivity index (χ2n) is 12.0. The van der Waals surface area contributed by atoms with Gasteiger partial charge in [-0.1, -0.05) is 71.1 Å². The number of aryl methyl sites for hydroxylation is 2. The number of carbonyl (C=O) groups is 3. The maximum atomic E-state index is 14.3. The van der Waals surface area contributed by atoms with Crippen molar-refractivity contribution in [3.8, 4) is 0 Å². The Hall–Kier alpha value is -2.57. The molecular formula is C31H53N3O4. The van der Waals surface area contributed by atoms with Crippen LogP contribution in [0.15, 0.2) is 18.2 Å². The standard InChI is InChI=1S/C31H53N3O4/c1-11-12-13-14-15-16-20-34(29(36)26(21(2)3)33-30(37)38-31(8,9)10)27(28(35)32-22(4)5)25-23(6)18-17-19-24(25)7/h17-19,21-22,26-27H,11-16,20H2,1-10H3,(H,32,35)(H,33,37). The highest BCUT2D eigenvalue weighted by atomic mass is 16.6. The molecular weight excluding hydrogens is 478 g/mol. The molecule has 2 unspecified atom stereocenters. The van der Waals surface area contributed by atoms with Crippen LogP contribution in [0, 0.1) is 19.8 Å². The van der Waals surface area contributed by atoms with Gasteiger partial charge >= 0.3 is 6.09 Å². The molecule has 2 N–H and O–H groups in total. The summed E-state index contributed by atoms with van der Waals surface area (Å²) >= 11 is 0. The fraction of sp³-hybridized carbons (Fsp3) is 0.710.